The van der Waals surface area contributed by atoms with Crippen molar-refractivity contribution in [2.75, 3.05) is 11.4 Å². The van der Waals surface area contributed by atoms with Gasteiger partial charge in [-0.2, -0.15) is 0 Å². The lowest BCUT2D eigenvalue weighted by Gasteiger charge is -2.39. The maximum Gasteiger partial charge on any atom is 0.181 e. The van der Waals surface area contributed by atoms with Crippen LogP contribution >= 0.6 is 0 Å². The minimum Gasteiger partial charge on any atom is -0.365 e. The molecule has 1 fully saturated rings. The summed E-state index contributed by atoms with van der Waals surface area (Å²) < 4.78 is 17.7. The third-order valence-corrected chi connectivity index (χ3v) is 7.05. The van der Waals surface area contributed by atoms with Gasteiger partial charge in [-0.1, -0.05) is 90.1 Å². The van der Waals surface area contributed by atoms with Crippen LogP contribution in [0.2, 0.25) is 0 Å². The average Bonchev–Trinajstić information content (AvgIpc) is 3.29. The molecule has 2 heterocycles. The SMILES string of the molecule is CC(C)(C)c1ccc(C(F)(c2ccc(C(C)(C)C)cc2)[C@@H]2CCCN2c2ccncc2)cc1. The molecule has 0 amide bonds. The second kappa shape index (κ2) is 8.59. The van der Waals surface area contributed by atoms with E-state index in [1.54, 1.807) is 12.4 Å². The van der Waals surface area contributed by atoms with Gasteiger partial charge in [-0.3, -0.25) is 4.98 Å². The fourth-order valence-corrected chi connectivity index (χ4v) is 5.00. The van der Waals surface area contributed by atoms with Crippen molar-refractivity contribution < 1.29 is 4.39 Å². The number of pyridine rings is 1. The molecule has 1 saturated heterocycles. The van der Waals surface area contributed by atoms with Gasteiger partial charge >= 0.3 is 0 Å². The fraction of sp³-hybridized carbons (Fsp3) is 0.433. The van der Waals surface area contributed by atoms with Gasteiger partial charge in [0.2, 0.25) is 0 Å². The van der Waals surface area contributed by atoms with Crippen molar-refractivity contribution in [3.63, 3.8) is 0 Å². The second-order valence-corrected chi connectivity index (χ2v) is 11.4. The molecule has 3 aromatic rings. The number of alkyl halides is 1. The first-order chi connectivity index (χ1) is 15.5. The number of anilines is 1. The van der Waals surface area contributed by atoms with E-state index in [4.69, 9.17) is 0 Å². The molecule has 0 spiro atoms. The Labute approximate surface area is 198 Å². The van der Waals surface area contributed by atoms with Crippen LogP contribution in [-0.2, 0) is 16.5 Å². The minimum atomic E-state index is -1.62. The maximum absolute atomic E-state index is 17.7. The van der Waals surface area contributed by atoms with Gasteiger partial charge in [0.1, 0.15) is 0 Å². The number of rotatable bonds is 4. The monoisotopic (exact) mass is 444 g/mol. The molecule has 1 atom stereocenters. The summed E-state index contributed by atoms with van der Waals surface area (Å²) in [5.41, 5.74) is 3.36. The maximum atomic E-state index is 17.7. The van der Waals surface area contributed by atoms with Crippen molar-refractivity contribution in [3.8, 4) is 0 Å². The molecule has 1 aliphatic rings. The first kappa shape index (κ1) is 23.5. The van der Waals surface area contributed by atoms with E-state index in [1.807, 2.05) is 36.4 Å². The summed E-state index contributed by atoms with van der Waals surface area (Å²) in [6.07, 6.45) is 5.36. The van der Waals surface area contributed by atoms with Crippen LogP contribution in [-0.4, -0.2) is 17.6 Å². The predicted octanol–water partition coefficient (Wildman–Crippen LogP) is 7.56. The van der Waals surface area contributed by atoms with Gasteiger partial charge in [0.05, 0.1) is 6.04 Å². The van der Waals surface area contributed by atoms with E-state index in [0.29, 0.717) is 0 Å². The van der Waals surface area contributed by atoms with Crippen molar-refractivity contribution in [1.29, 1.82) is 0 Å². The van der Waals surface area contributed by atoms with Gasteiger partial charge in [-0.25, -0.2) is 4.39 Å². The summed E-state index contributed by atoms with van der Waals surface area (Å²) in [6, 6.07) is 20.1. The molecule has 1 aromatic heterocycles. The number of hydrogen-bond donors (Lipinski definition) is 0. The van der Waals surface area contributed by atoms with Crippen LogP contribution < -0.4 is 4.90 Å². The van der Waals surface area contributed by atoms with E-state index >= 15 is 4.39 Å². The summed E-state index contributed by atoms with van der Waals surface area (Å²) in [5, 5.41) is 0. The van der Waals surface area contributed by atoms with Crippen molar-refractivity contribution >= 4 is 5.69 Å². The standard InChI is InChI=1S/C30H37FN2/c1-28(2,3)22-9-13-24(14-10-22)30(31,25-15-11-23(12-16-25)29(4,5)6)27-8-7-21-33(27)26-17-19-32-20-18-26/h9-20,27H,7-8,21H2,1-6H3/t27-/m0/s1. The number of hydrogen-bond acceptors (Lipinski definition) is 2. The molecule has 3 heteroatoms. The van der Waals surface area contributed by atoms with Crippen molar-refractivity contribution in [2.45, 2.75) is 76.9 Å². The molecule has 0 N–H and O–H groups in total. The molecule has 174 valence electrons. The highest BCUT2D eigenvalue weighted by molar-refractivity contribution is 5.52. The lowest BCUT2D eigenvalue weighted by molar-refractivity contribution is 0.177. The summed E-state index contributed by atoms with van der Waals surface area (Å²) in [7, 11) is 0. The topological polar surface area (TPSA) is 16.1 Å². The van der Waals surface area contributed by atoms with Crippen LogP contribution in [0.5, 0.6) is 0 Å². The minimum absolute atomic E-state index is 0.0301. The molecular weight excluding hydrogens is 407 g/mol. The molecule has 4 rings (SSSR count). The van der Waals surface area contributed by atoms with Crippen LogP contribution in [0.15, 0.2) is 73.1 Å². The first-order valence-corrected chi connectivity index (χ1v) is 12.1. The van der Waals surface area contributed by atoms with Crippen LogP contribution in [0.25, 0.3) is 0 Å². The van der Waals surface area contributed by atoms with Crippen molar-refractivity contribution in [3.05, 3.63) is 95.3 Å². The van der Waals surface area contributed by atoms with Gasteiger partial charge in [-0.15, -0.1) is 0 Å². The van der Waals surface area contributed by atoms with Crippen LogP contribution in [0.4, 0.5) is 10.1 Å². The quantitative estimate of drug-likeness (QED) is 0.413. The molecule has 0 bridgehead atoms. The third-order valence-electron chi connectivity index (χ3n) is 7.05. The van der Waals surface area contributed by atoms with E-state index in [0.717, 1.165) is 36.2 Å². The Bertz CT molecular complexity index is 1000. The zero-order chi connectivity index (χ0) is 23.9. The zero-order valence-corrected chi connectivity index (χ0v) is 20.9. The molecule has 0 aliphatic carbocycles. The Balaban J connectivity index is 1.83. The Morgan fingerprint density at radius 1 is 0.697 bits per heavy atom. The average molecular weight is 445 g/mol. The predicted molar refractivity (Wildman–Crippen MR) is 137 cm³/mol. The normalized spacial score (nSPS) is 17.4. The van der Waals surface area contributed by atoms with Crippen LogP contribution in [0.1, 0.15) is 76.6 Å². The van der Waals surface area contributed by atoms with E-state index in [9.17, 15) is 0 Å². The molecular formula is C30H37FN2. The molecule has 2 aromatic carbocycles. The largest absolute Gasteiger partial charge is 0.365 e. The van der Waals surface area contributed by atoms with Gasteiger partial charge in [0, 0.05) is 24.6 Å². The fourth-order valence-electron chi connectivity index (χ4n) is 5.00. The Hall–Kier alpha value is -2.68. The molecule has 0 unspecified atom stereocenters. The Kier molecular flexibility index (Phi) is 6.11. The van der Waals surface area contributed by atoms with Crippen molar-refractivity contribution in [1.82, 2.24) is 4.98 Å². The number of aromatic nitrogens is 1. The summed E-state index contributed by atoms with van der Waals surface area (Å²) >= 11 is 0. The van der Waals surface area contributed by atoms with Crippen LogP contribution in [0.3, 0.4) is 0 Å². The number of benzene rings is 2. The summed E-state index contributed by atoms with van der Waals surface area (Å²) in [6.45, 7) is 14.0. The summed E-state index contributed by atoms with van der Waals surface area (Å²) in [4.78, 5) is 6.40. The second-order valence-electron chi connectivity index (χ2n) is 11.4. The van der Waals surface area contributed by atoms with Gasteiger partial charge < -0.3 is 4.90 Å². The molecule has 0 saturated carbocycles. The van der Waals surface area contributed by atoms with Gasteiger partial charge in [-0.05, 0) is 58.1 Å². The molecule has 33 heavy (non-hydrogen) atoms. The smallest absolute Gasteiger partial charge is 0.181 e. The van der Waals surface area contributed by atoms with E-state index in [-0.39, 0.29) is 16.9 Å². The zero-order valence-electron chi connectivity index (χ0n) is 20.9. The Morgan fingerprint density at radius 3 is 1.55 bits per heavy atom. The lowest BCUT2D eigenvalue weighted by Crippen LogP contribution is -2.45. The summed E-state index contributed by atoms with van der Waals surface area (Å²) in [5.74, 6) is 0. The third kappa shape index (κ3) is 4.55. The van der Waals surface area contributed by atoms with E-state index < -0.39 is 5.67 Å². The van der Waals surface area contributed by atoms with E-state index in [1.165, 1.54) is 11.1 Å². The molecule has 1 aliphatic heterocycles. The van der Waals surface area contributed by atoms with Gasteiger partial charge in [0.15, 0.2) is 5.67 Å². The highest BCUT2D eigenvalue weighted by atomic mass is 19.1. The van der Waals surface area contributed by atoms with Gasteiger partial charge in [0.25, 0.3) is 0 Å². The Morgan fingerprint density at radius 2 is 1.12 bits per heavy atom. The highest BCUT2D eigenvalue weighted by Crippen LogP contribution is 2.45. The van der Waals surface area contributed by atoms with Crippen molar-refractivity contribution in [2.24, 2.45) is 0 Å². The highest BCUT2D eigenvalue weighted by Gasteiger charge is 2.48. The first-order valence-electron chi connectivity index (χ1n) is 12.1. The van der Waals surface area contributed by atoms with E-state index in [2.05, 4.69) is 75.7 Å². The molecule has 0 radical (unpaired) electrons. The number of nitrogens with zero attached hydrogens (tertiary/aromatic N) is 2. The van der Waals surface area contributed by atoms with Crippen LogP contribution in [0, 0.1) is 0 Å². The molecule has 2 nitrogen and oxygen atoms in total. The lowest BCUT2D eigenvalue weighted by atomic mass is 9.77. The number of halogens is 1.